The van der Waals surface area contributed by atoms with Crippen LogP contribution in [0, 0.1) is 5.41 Å². The van der Waals surface area contributed by atoms with Gasteiger partial charge in [-0.3, -0.25) is 9.59 Å². The molecule has 1 amide bonds. The molecule has 0 saturated carbocycles. The minimum Gasteiger partial charge on any atom is -0.481 e. The quantitative estimate of drug-likeness (QED) is 0.649. The number of hydrogen-bond donors (Lipinski definition) is 3. The van der Waals surface area contributed by atoms with Crippen molar-refractivity contribution in [3.63, 3.8) is 0 Å². The number of hydrogen-bond acceptors (Lipinski definition) is 3. The summed E-state index contributed by atoms with van der Waals surface area (Å²) in [5.74, 6) is -1.23. The Hall–Kier alpha value is -1.10. The Balaban J connectivity index is 4.43. The van der Waals surface area contributed by atoms with Crippen molar-refractivity contribution in [3.8, 4) is 0 Å². The maximum atomic E-state index is 11.4. The molecule has 0 fully saturated rings. The van der Waals surface area contributed by atoms with Gasteiger partial charge in [0.15, 0.2) is 0 Å². The summed E-state index contributed by atoms with van der Waals surface area (Å²) >= 11 is 0. The molecule has 0 aromatic heterocycles. The Morgan fingerprint density at radius 1 is 1.38 bits per heavy atom. The van der Waals surface area contributed by atoms with Gasteiger partial charge in [-0.2, -0.15) is 0 Å². The summed E-state index contributed by atoms with van der Waals surface area (Å²) in [6.45, 7) is 7.57. The summed E-state index contributed by atoms with van der Waals surface area (Å²) in [5, 5.41) is 11.4. The molecule has 2 atom stereocenters. The van der Waals surface area contributed by atoms with Gasteiger partial charge < -0.3 is 16.2 Å². The van der Waals surface area contributed by atoms with E-state index < -0.39 is 12.0 Å². The molecule has 0 spiro atoms. The van der Waals surface area contributed by atoms with Crippen molar-refractivity contribution in [2.45, 2.75) is 52.6 Å². The predicted molar refractivity (Wildman–Crippen MR) is 61.9 cm³/mol. The van der Waals surface area contributed by atoms with Gasteiger partial charge in [-0.25, -0.2) is 0 Å². The number of rotatable bonds is 5. The Bertz CT molecular complexity index is 256. The second kappa shape index (κ2) is 5.84. The average Bonchev–Trinajstić information content (AvgIpc) is 1.98. The normalized spacial score (nSPS) is 15.3. The summed E-state index contributed by atoms with van der Waals surface area (Å²) < 4.78 is 0. The third-order valence-electron chi connectivity index (χ3n) is 2.04. The fourth-order valence-electron chi connectivity index (χ4n) is 1.46. The molecule has 5 heteroatoms. The van der Waals surface area contributed by atoms with Gasteiger partial charge in [0, 0.05) is 6.04 Å². The van der Waals surface area contributed by atoms with E-state index in [1.165, 1.54) is 0 Å². The van der Waals surface area contributed by atoms with E-state index in [1.54, 1.807) is 6.92 Å². The van der Waals surface area contributed by atoms with Gasteiger partial charge in [0.05, 0.1) is 12.5 Å². The summed E-state index contributed by atoms with van der Waals surface area (Å²) in [6.07, 6.45) is 0.535. The van der Waals surface area contributed by atoms with Crippen molar-refractivity contribution in [1.82, 2.24) is 5.32 Å². The van der Waals surface area contributed by atoms with Gasteiger partial charge in [0.25, 0.3) is 0 Å². The molecule has 0 rings (SSSR count). The smallest absolute Gasteiger partial charge is 0.305 e. The van der Waals surface area contributed by atoms with E-state index in [0.29, 0.717) is 6.42 Å². The number of nitrogens with one attached hydrogen (secondary N) is 1. The first-order chi connectivity index (χ1) is 7.11. The molecule has 0 aliphatic carbocycles. The molecule has 94 valence electrons. The molecule has 0 aromatic carbocycles. The summed E-state index contributed by atoms with van der Waals surface area (Å²) in [6, 6.07) is -0.979. The summed E-state index contributed by atoms with van der Waals surface area (Å²) in [4.78, 5) is 22.1. The molecule has 4 N–H and O–H groups in total. The van der Waals surface area contributed by atoms with E-state index in [-0.39, 0.29) is 23.8 Å². The van der Waals surface area contributed by atoms with E-state index >= 15 is 0 Å². The van der Waals surface area contributed by atoms with Crippen LogP contribution in [0.2, 0.25) is 0 Å². The number of carboxylic acid groups (broad SMARTS) is 1. The number of nitrogens with two attached hydrogens (primary N) is 1. The van der Waals surface area contributed by atoms with Gasteiger partial charge in [-0.05, 0) is 18.8 Å². The number of aliphatic carboxylic acids is 1. The molecule has 0 aliphatic rings. The first kappa shape index (κ1) is 14.9. The molecule has 0 bridgehead atoms. The molecule has 0 aromatic rings. The van der Waals surface area contributed by atoms with Gasteiger partial charge in [-0.15, -0.1) is 0 Å². The van der Waals surface area contributed by atoms with Gasteiger partial charge in [0.2, 0.25) is 5.91 Å². The highest BCUT2D eigenvalue weighted by atomic mass is 16.4. The van der Waals surface area contributed by atoms with Crippen molar-refractivity contribution in [1.29, 1.82) is 0 Å². The minimum atomic E-state index is -0.917. The fraction of sp³-hybridized carbons (Fsp3) is 0.818. The molecule has 1 unspecified atom stereocenters. The number of carboxylic acids is 1. The van der Waals surface area contributed by atoms with E-state index in [0.717, 1.165) is 0 Å². The Morgan fingerprint density at radius 2 is 1.88 bits per heavy atom. The summed E-state index contributed by atoms with van der Waals surface area (Å²) in [7, 11) is 0. The first-order valence-electron chi connectivity index (χ1n) is 5.39. The van der Waals surface area contributed by atoms with Crippen molar-refractivity contribution in [3.05, 3.63) is 0 Å². The second-order valence-corrected chi connectivity index (χ2v) is 5.36. The lowest BCUT2D eigenvalue weighted by atomic mass is 9.87. The van der Waals surface area contributed by atoms with Gasteiger partial charge >= 0.3 is 5.97 Å². The maximum absolute atomic E-state index is 11.4. The first-order valence-corrected chi connectivity index (χ1v) is 5.39. The molecule has 0 radical (unpaired) electrons. The molecule has 5 nitrogen and oxygen atoms in total. The highest BCUT2D eigenvalue weighted by Gasteiger charge is 2.23. The zero-order valence-electron chi connectivity index (χ0n) is 10.4. The van der Waals surface area contributed by atoms with Crippen LogP contribution >= 0.6 is 0 Å². The van der Waals surface area contributed by atoms with Crippen molar-refractivity contribution in [2.24, 2.45) is 11.1 Å². The Kier molecular flexibility index (Phi) is 5.44. The van der Waals surface area contributed by atoms with Crippen LogP contribution in [-0.2, 0) is 9.59 Å². The third-order valence-corrected chi connectivity index (χ3v) is 2.04. The maximum Gasteiger partial charge on any atom is 0.305 e. The molecular formula is C11H22N2O3. The molecule has 0 heterocycles. The van der Waals surface area contributed by atoms with Gasteiger partial charge in [-0.1, -0.05) is 20.8 Å². The Labute approximate surface area is 96.4 Å². The van der Waals surface area contributed by atoms with Crippen LogP contribution in [0.4, 0.5) is 0 Å². The van der Waals surface area contributed by atoms with E-state index in [9.17, 15) is 9.59 Å². The van der Waals surface area contributed by atoms with Crippen LogP contribution in [0.3, 0.4) is 0 Å². The van der Waals surface area contributed by atoms with Crippen molar-refractivity contribution < 1.29 is 14.7 Å². The highest BCUT2D eigenvalue weighted by Crippen LogP contribution is 2.22. The SMILES string of the molecule is C[C@H](N)C(=O)NC(CC(=O)O)CC(C)(C)C. The third kappa shape index (κ3) is 7.23. The van der Waals surface area contributed by atoms with Crippen LogP contribution in [0.25, 0.3) is 0 Å². The van der Waals surface area contributed by atoms with Crippen LogP contribution in [0.1, 0.15) is 40.5 Å². The summed E-state index contributed by atoms with van der Waals surface area (Å²) in [5.41, 5.74) is 5.38. The Morgan fingerprint density at radius 3 is 2.19 bits per heavy atom. The van der Waals surface area contributed by atoms with Crippen LogP contribution in [0.15, 0.2) is 0 Å². The molecular weight excluding hydrogens is 208 g/mol. The highest BCUT2D eigenvalue weighted by molar-refractivity contribution is 5.81. The average molecular weight is 230 g/mol. The zero-order valence-corrected chi connectivity index (χ0v) is 10.4. The van der Waals surface area contributed by atoms with Crippen LogP contribution < -0.4 is 11.1 Å². The number of carbonyl (C=O) groups excluding carboxylic acids is 1. The van der Waals surface area contributed by atoms with Gasteiger partial charge in [0.1, 0.15) is 0 Å². The molecule has 16 heavy (non-hydrogen) atoms. The number of amides is 1. The zero-order chi connectivity index (χ0) is 12.9. The standard InChI is InChI=1S/C11H22N2O3/c1-7(12)10(16)13-8(5-9(14)15)6-11(2,3)4/h7-8H,5-6,12H2,1-4H3,(H,13,16)(H,14,15)/t7-,8?/m0/s1. The topological polar surface area (TPSA) is 92.4 Å². The lowest BCUT2D eigenvalue weighted by Gasteiger charge is -2.26. The van der Waals surface area contributed by atoms with Crippen LogP contribution in [0.5, 0.6) is 0 Å². The fourth-order valence-corrected chi connectivity index (χ4v) is 1.46. The number of carbonyl (C=O) groups is 2. The van der Waals surface area contributed by atoms with E-state index in [1.807, 2.05) is 20.8 Å². The van der Waals surface area contributed by atoms with E-state index in [4.69, 9.17) is 10.8 Å². The van der Waals surface area contributed by atoms with Crippen molar-refractivity contribution >= 4 is 11.9 Å². The lowest BCUT2D eigenvalue weighted by molar-refractivity contribution is -0.138. The molecule has 0 aliphatic heterocycles. The largest absolute Gasteiger partial charge is 0.481 e. The minimum absolute atomic E-state index is 0.0365. The predicted octanol–water partition coefficient (Wildman–Crippen LogP) is 0.729. The van der Waals surface area contributed by atoms with E-state index in [2.05, 4.69) is 5.32 Å². The van der Waals surface area contributed by atoms with Crippen molar-refractivity contribution in [2.75, 3.05) is 0 Å². The second-order valence-electron chi connectivity index (χ2n) is 5.36. The molecule has 0 saturated heterocycles. The lowest BCUT2D eigenvalue weighted by Crippen LogP contribution is -2.45. The van der Waals surface area contributed by atoms with Crippen LogP contribution in [-0.4, -0.2) is 29.1 Å². The monoisotopic (exact) mass is 230 g/mol.